The van der Waals surface area contributed by atoms with Crippen molar-refractivity contribution in [1.82, 2.24) is 53.2 Å². The van der Waals surface area contributed by atoms with Crippen molar-refractivity contribution < 1.29 is 58.2 Å². The van der Waals surface area contributed by atoms with E-state index < -0.39 is 133 Å². The summed E-state index contributed by atoms with van der Waals surface area (Å²) >= 11 is 0. The van der Waals surface area contributed by atoms with E-state index in [1.54, 1.807) is 27.7 Å². The summed E-state index contributed by atoms with van der Waals surface area (Å²) in [7, 11) is 0. The third-order valence-corrected chi connectivity index (χ3v) is 10.5. The Kier molecular flexibility index (Phi) is 27.2. The molecule has 0 aromatic heterocycles. The molecule has 20 N–H and O–H groups in total. The average molecular weight is 957 g/mol. The minimum atomic E-state index is -1.72. The molecule has 1 aliphatic heterocycles. The zero-order valence-electron chi connectivity index (χ0n) is 39.4. The van der Waals surface area contributed by atoms with Crippen LogP contribution in [0, 0.1) is 11.8 Å². The second-order valence-electron chi connectivity index (χ2n) is 17.3. The van der Waals surface area contributed by atoms with Crippen LogP contribution in [-0.2, 0) is 47.9 Å². The number of rotatable bonds is 20. The number of aliphatic hydroxyl groups excluding tert-OH is 2. The second-order valence-corrected chi connectivity index (χ2v) is 17.3. The summed E-state index contributed by atoms with van der Waals surface area (Å²) in [5.41, 5.74) is 23.0. The van der Waals surface area contributed by atoms with Crippen molar-refractivity contribution in [3.63, 3.8) is 0 Å². The smallest absolute Gasteiger partial charge is 0.245 e. The molecule has 26 nitrogen and oxygen atoms in total. The Hall–Kier alpha value is -5.54. The van der Waals surface area contributed by atoms with E-state index in [4.69, 9.17) is 22.9 Å². The Labute approximate surface area is 390 Å². The van der Waals surface area contributed by atoms with Crippen LogP contribution in [0.25, 0.3) is 0 Å². The van der Waals surface area contributed by atoms with Gasteiger partial charge in [0.25, 0.3) is 0 Å². The molecule has 382 valence electrons. The first-order valence-electron chi connectivity index (χ1n) is 22.6. The third-order valence-electron chi connectivity index (χ3n) is 10.5. The summed E-state index contributed by atoms with van der Waals surface area (Å²) < 4.78 is 0. The van der Waals surface area contributed by atoms with Crippen LogP contribution in [-0.4, -0.2) is 169 Å². The topological polar surface area (TPSA) is 436 Å². The Morgan fingerprint density at radius 1 is 0.612 bits per heavy atom. The van der Waals surface area contributed by atoms with Crippen molar-refractivity contribution in [2.75, 3.05) is 32.7 Å². The minimum absolute atomic E-state index is 0.0330. The van der Waals surface area contributed by atoms with E-state index in [2.05, 4.69) is 53.2 Å². The molecule has 0 radical (unpaired) electrons. The molecular formula is C41H76N14O12. The number of carbonyl (C=O) groups excluding carboxylic acids is 10. The Bertz CT molecular complexity index is 1670. The highest BCUT2D eigenvalue weighted by atomic mass is 16.3. The minimum Gasteiger partial charge on any atom is -0.391 e. The van der Waals surface area contributed by atoms with Gasteiger partial charge in [-0.3, -0.25) is 47.9 Å². The first kappa shape index (κ1) is 59.5. The van der Waals surface area contributed by atoms with Crippen LogP contribution in [0.4, 0.5) is 0 Å². The van der Waals surface area contributed by atoms with Gasteiger partial charge in [-0.1, -0.05) is 27.7 Å². The number of hydrogen-bond donors (Lipinski definition) is 16. The molecule has 1 saturated heterocycles. The third kappa shape index (κ3) is 20.9. The standard InChI is InChI=1S/C41H76N14O12/c1-20(2)17-29-38(64)50-25(8-13-43)34(60)49-27(10-15-45)37(63)54-31(22(5)57)40(66)46-16-11-28(51-41(67)32(23(6)58)55-33(59)24(7-12-42)47-19-56)36(62)48-26(9-14-44)35(61)52-30(18-21(3)4)39(65)53-29/h19-32,57-58H,7-18,42-45H2,1-6H3,(H,46,66)(H,47,56)(H,48,62)(H,49,60)(H,50,64)(H,51,67)(H,52,61)(H,53,65)(H,54,63)(H,55,59)/t22-,23-,24+,25+,26+,27+,28+,29-,30+,31+,32+/m1/s1. The molecule has 1 heterocycles. The van der Waals surface area contributed by atoms with Crippen LogP contribution in [0.2, 0.25) is 0 Å². The van der Waals surface area contributed by atoms with Gasteiger partial charge in [-0.25, -0.2) is 0 Å². The van der Waals surface area contributed by atoms with Gasteiger partial charge in [-0.05, 0) is 96.8 Å². The lowest BCUT2D eigenvalue weighted by molar-refractivity contribution is -0.137. The fraction of sp³-hybridized carbons (Fsp3) is 0.756. The Morgan fingerprint density at radius 2 is 1.03 bits per heavy atom. The highest BCUT2D eigenvalue weighted by Crippen LogP contribution is 2.11. The summed E-state index contributed by atoms with van der Waals surface area (Å²) in [4.78, 5) is 135. The zero-order chi connectivity index (χ0) is 51.0. The van der Waals surface area contributed by atoms with Crippen LogP contribution < -0.4 is 76.1 Å². The molecule has 0 aromatic carbocycles. The number of nitrogens with two attached hydrogens (primary N) is 4. The SMILES string of the molecule is CC(C)C[C@@H]1NC(=O)[C@H](CCN)NC(=O)[C@@H](NC(=O)[C@@H](NC(=O)[C@H](CCN)NC=O)[C@@H](C)O)CCNC(=O)[C@H]([C@@H](C)O)NC(=O)[C@H](CCN)NC(=O)[C@H](CCN)NC(=O)[C@@H](CC(C)C)NC1=O. The highest BCUT2D eigenvalue weighted by Gasteiger charge is 2.37. The van der Waals surface area contributed by atoms with E-state index in [0.717, 1.165) is 0 Å². The molecule has 67 heavy (non-hydrogen) atoms. The van der Waals surface area contributed by atoms with Crippen LogP contribution >= 0.6 is 0 Å². The van der Waals surface area contributed by atoms with E-state index in [9.17, 15) is 58.2 Å². The predicted octanol–water partition coefficient (Wildman–Crippen LogP) is -7.25. The van der Waals surface area contributed by atoms with E-state index in [0.29, 0.717) is 0 Å². The lowest BCUT2D eigenvalue weighted by Crippen LogP contribution is -2.61. The van der Waals surface area contributed by atoms with Crippen LogP contribution in [0.3, 0.4) is 0 Å². The zero-order valence-corrected chi connectivity index (χ0v) is 39.4. The molecule has 1 rings (SSSR count). The van der Waals surface area contributed by atoms with Crippen molar-refractivity contribution >= 4 is 59.6 Å². The molecular weight excluding hydrogens is 881 g/mol. The molecule has 26 heteroatoms. The van der Waals surface area contributed by atoms with Crippen molar-refractivity contribution in [3.05, 3.63) is 0 Å². The van der Waals surface area contributed by atoms with E-state index >= 15 is 0 Å². The summed E-state index contributed by atoms with van der Waals surface area (Å²) in [5, 5.41) is 46.0. The van der Waals surface area contributed by atoms with Gasteiger partial charge < -0.3 is 86.3 Å². The Balaban J connectivity index is 3.90. The summed E-state index contributed by atoms with van der Waals surface area (Å²) in [5.74, 6) is -8.53. The number of hydrogen-bond acceptors (Lipinski definition) is 16. The van der Waals surface area contributed by atoms with Crippen molar-refractivity contribution in [1.29, 1.82) is 0 Å². The molecule has 0 aliphatic carbocycles. The number of aliphatic hydroxyl groups is 2. The van der Waals surface area contributed by atoms with Gasteiger partial charge in [0.2, 0.25) is 59.6 Å². The van der Waals surface area contributed by atoms with Crippen molar-refractivity contribution in [3.8, 4) is 0 Å². The number of amides is 10. The van der Waals surface area contributed by atoms with E-state index in [-0.39, 0.29) is 82.9 Å². The molecule has 10 amide bonds. The van der Waals surface area contributed by atoms with Gasteiger partial charge in [0.05, 0.1) is 12.2 Å². The molecule has 0 bridgehead atoms. The quantitative estimate of drug-likeness (QED) is 0.0504. The first-order chi connectivity index (χ1) is 31.5. The number of carbonyl (C=O) groups is 10. The van der Waals surface area contributed by atoms with Gasteiger partial charge in [-0.15, -0.1) is 0 Å². The molecule has 0 spiro atoms. The van der Waals surface area contributed by atoms with E-state index in [1.165, 1.54) is 13.8 Å². The molecule has 0 saturated carbocycles. The van der Waals surface area contributed by atoms with Gasteiger partial charge in [0, 0.05) is 6.54 Å². The van der Waals surface area contributed by atoms with Crippen LogP contribution in [0.15, 0.2) is 0 Å². The van der Waals surface area contributed by atoms with Crippen molar-refractivity contribution in [2.45, 2.75) is 153 Å². The van der Waals surface area contributed by atoms with Crippen LogP contribution in [0.5, 0.6) is 0 Å². The fourth-order valence-electron chi connectivity index (χ4n) is 6.91. The largest absolute Gasteiger partial charge is 0.391 e. The monoisotopic (exact) mass is 957 g/mol. The maximum absolute atomic E-state index is 14.1. The fourth-order valence-corrected chi connectivity index (χ4v) is 6.91. The Morgan fingerprint density at radius 3 is 1.42 bits per heavy atom. The lowest BCUT2D eigenvalue weighted by atomic mass is 9.99. The molecule has 0 aromatic rings. The molecule has 11 atom stereocenters. The lowest BCUT2D eigenvalue weighted by Gasteiger charge is -2.29. The maximum Gasteiger partial charge on any atom is 0.245 e. The average Bonchev–Trinajstić information content (AvgIpc) is 3.24. The van der Waals surface area contributed by atoms with Gasteiger partial charge in [0.1, 0.15) is 54.4 Å². The first-order valence-corrected chi connectivity index (χ1v) is 22.6. The highest BCUT2D eigenvalue weighted by molar-refractivity contribution is 5.98. The summed E-state index contributed by atoms with van der Waals surface area (Å²) in [6.45, 7) is 8.68. The van der Waals surface area contributed by atoms with E-state index in [1.807, 2.05) is 0 Å². The van der Waals surface area contributed by atoms with Gasteiger partial charge >= 0.3 is 0 Å². The molecule has 0 unspecified atom stereocenters. The predicted molar refractivity (Wildman–Crippen MR) is 243 cm³/mol. The summed E-state index contributed by atoms with van der Waals surface area (Å²) in [6.07, 6.45) is -3.62. The van der Waals surface area contributed by atoms with Gasteiger partial charge in [0.15, 0.2) is 0 Å². The number of nitrogens with one attached hydrogen (secondary N) is 10. The maximum atomic E-state index is 14.1. The van der Waals surface area contributed by atoms with Gasteiger partial charge in [-0.2, -0.15) is 0 Å². The van der Waals surface area contributed by atoms with Crippen LogP contribution in [0.1, 0.15) is 86.5 Å². The van der Waals surface area contributed by atoms with Crippen molar-refractivity contribution in [2.24, 2.45) is 34.8 Å². The molecule has 1 fully saturated rings. The molecule has 1 aliphatic rings. The second kappa shape index (κ2) is 30.7. The normalized spacial score (nSPS) is 25.1. The summed E-state index contributed by atoms with van der Waals surface area (Å²) in [6, 6.07) is -12.8.